The second-order valence-electron chi connectivity index (χ2n) is 6.11. The van der Waals surface area contributed by atoms with E-state index in [1.54, 1.807) is 20.8 Å². The van der Waals surface area contributed by atoms with Gasteiger partial charge < -0.3 is 5.73 Å². The van der Waals surface area contributed by atoms with Gasteiger partial charge in [0.1, 0.15) is 0 Å². The Morgan fingerprint density at radius 2 is 1.25 bits per heavy atom. The fourth-order valence-corrected chi connectivity index (χ4v) is 2.08. The summed E-state index contributed by atoms with van der Waals surface area (Å²) in [7, 11) is 0. The smallest absolute Gasteiger partial charge is 0.222 e. The van der Waals surface area contributed by atoms with Gasteiger partial charge in [0.05, 0.1) is 0 Å². The fourth-order valence-electron chi connectivity index (χ4n) is 2.08. The molecule has 1 amide bonds. The number of hydrogen-bond donors (Lipinski definition) is 1. The summed E-state index contributed by atoms with van der Waals surface area (Å²) in [5.41, 5.74) is 10.3. The van der Waals surface area contributed by atoms with Crippen molar-refractivity contribution in [2.75, 3.05) is 0 Å². The first kappa shape index (κ1) is 14.3. The molecule has 0 aromatic heterocycles. The summed E-state index contributed by atoms with van der Waals surface area (Å²) < 4.78 is 0. The lowest BCUT2D eigenvalue weighted by Crippen LogP contribution is -2.27. The molecule has 0 saturated heterocycles. The molecule has 0 saturated carbocycles. The van der Waals surface area contributed by atoms with Crippen LogP contribution in [0.4, 0.5) is 0 Å². The average molecular weight is 267 g/mol. The molecule has 0 heterocycles. The van der Waals surface area contributed by atoms with Gasteiger partial charge in [0.2, 0.25) is 5.91 Å². The quantitative estimate of drug-likeness (QED) is 0.662. The van der Waals surface area contributed by atoms with Gasteiger partial charge in [-0.1, -0.05) is 69.3 Å². The molecule has 0 unspecified atom stereocenters. The Balaban J connectivity index is 0.000000182. The highest BCUT2D eigenvalue weighted by Gasteiger charge is 2.16. The third kappa shape index (κ3) is 3.08. The van der Waals surface area contributed by atoms with Crippen LogP contribution in [0, 0.1) is 5.41 Å². The summed E-state index contributed by atoms with van der Waals surface area (Å²) in [5.74, 6) is -0.257. The van der Waals surface area contributed by atoms with Gasteiger partial charge in [-0.3, -0.25) is 4.79 Å². The Bertz CT molecular complexity index is 580. The van der Waals surface area contributed by atoms with Crippen molar-refractivity contribution in [1.29, 1.82) is 0 Å². The van der Waals surface area contributed by atoms with E-state index in [1.807, 2.05) is 0 Å². The Hall–Kier alpha value is -2.09. The molecular weight excluding hydrogens is 246 g/mol. The van der Waals surface area contributed by atoms with E-state index in [9.17, 15) is 4.79 Å². The predicted molar refractivity (Wildman–Crippen MR) is 83.3 cm³/mol. The van der Waals surface area contributed by atoms with Crippen molar-refractivity contribution in [3.8, 4) is 11.1 Å². The van der Waals surface area contributed by atoms with Crippen molar-refractivity contribution in [3.05, 3.63) is 59.7 Å². The van der Waals surface area contributed by atoms with Gasteiger partial charge in [-0.25, -0.2) is 0 Å². The molecule has 0 spiro atoms. The van der Waals surface area contributed by atoms with Crippen molar-refractivity contribution in [2.24, 2.45) is 11.1 Å². The highest BCUT2D eigenvalue weighted by atomic mass is 16.1. The molecule has 104 valence electrons. The van der Waals surface area contributed by atoms with Gasteiger partial charge in [0.15, 0.2) is 0 Å². The van der Waals surface area contributed by atoms with E-state index >= 15 is 0 Å². The minimum absolute atomic E-state index is 0.257. The van der Waals surface area contributed by atoms with Gasteiger partial charge in [0.25, 0.3) is 0 Å². The van der Waals surface area contributed by atoms with Gasteiger partial charge in [-0.15, -0.1) is 0 Å². The van der Waals surface area contributed by atoms with Crippen LogP contribution in [0.2, 0.25) is 0 Å². The van der Waals surface area contributed by atoms with Crippen molar-refractivity contribution in [3.63, 3.8) is 0 Å². The Morgan fingerprint density at radius 3 is 1.60 bits per heavy atom. The molecule has 0 aliphatic heterocycles. The van der Waals surface area contributed by atoms with Crippen molar-refractivity contribution < 1.29 is 4.79 Å². The predicted octanol–water partition coefficient (Wildman–Crippen LogP) is 3.78. The van der Waals surface area contributed by atoms with E-state index in [2.05, 4.69) is 48.5 Å². The highest BCUT2D eigenvalue weighted by molar-refractivity contribution is 5.79. The second kappa shape index (κ2) is 5.49. The van der Waals surface area contributed by atoms with Crippen LogP contribution < -0.4 is 5.73 Å². The molecule has 2 heteroatoms. The molecule has 0 bridgehead atoms. The minimum Gasteiger partial charge on any atom is -0.369 e. The van der Waals surface area contributed by atoms with Gasteiger partial charge in [-0.05, 0) is 28.7 Å². The number of nitrogens with two attached hydrogens (primary N) is 1. The third-order valence-corrected chi connectivity index (χ3v) is 3.45. The van der Waals surface area contributed by atoms with Crippen LogP contribution in [0.3, 0.4) is 0 Å². The number of carbonyl (C=O) groups is 1. The number of carbonyl (C=O) groups excluding carboxylic acids is 1. The summed E-state index contributed by atoms with van der Waals surface area (Å²) in [4.78, 5) is 10.2. The minimum atomic E-state index is -0.361. The monoisotopic (exact) mass is 267 g/mol. The number of amides is 1. The lowest BCUT2D eigenvalue weighted by Gasteiger charge is -2.10. The highest BCUT2D eigenvalue weighted by Crippen LogP contribution is 2.35. The lowest BCUT2D eigenvalue weighted by atomic mass is 9.96. The Labute approximate surface area is 120 Å². The zero-order valence-electron chi connectivity index (χ0n) is 12.3. The van der Waals surface area contributed by atoms with Crippen LogP contribution in [0.15, 0.2) is 48.5 Å². The number of fused-ring (bicyclic) bond motifs is 3. The topological polar surface area (TPSA) is 43.1 Å². The zero-order chi connectivity index (χ0) is 14.8. The van der Waals surface area contributed by atoms with Crippen LogP contribution in [0.1, 0.15) is 31.9 Å². The summed E-state index contributed by atoms with van der Waals surface area (Å²) >= 11 is 0. The number of primary amides is 1. The fraction of sp³-hybridized carbons (Fsp3) is 0.278. The molecule has 1 aliphatic carbocycles. The Morgan fingerprint density at radius 1 is 0.900 bits per heavy atom. The summed E-state index contributed by atoms with van der Waals surface area (Å²) in [6, 6.07) is 17.3. The molecule has 20 heavy (non-hydrogen) atoms. The number of rotatable bonds is 0. The number of hydrogen-bond acceptors (Lipinski definition) is 1. The first-order valence-electron chi connectivity index (χ1n) is 6.85. The van der Waals surface area contributed by atoms with Crippen LogP contribution in [-0.4, -0.2) is 5.91 Å². The average Bonchev–Trinajstić information content (AvgIpc) is 2.77. The molecule has 3 rings (SSSR count). The Kier molecular flexibility index (Phi) is 3.93. The summed E-state index contributed by atoms with van der Waals surface area (Å²) in [6.07, 6.45) is 1.10. The molecule has 1 aliphatic rings. The molecule has 2 aromatic rings. The van der Waals surface area contributed by atoms with Crippen molar-refractivity contribution in [2.45, 2.75) is 27.2 Å². The normalized spacial score (nSPS) is 11.9. The van der Waals surface area contributed by atoms with E-state index < -0.39 is 0 Å². The molecule has 2 nitrogen and oxygen atoms in total. The molecular formula is C18H21NO. The van der Waals surface area contributed by atoms with Gasteiger partial charge >= 0.3 is 0 Å². The van der Waals surface area contributed by atoms with Crippen LogP contribution in [0.25, 0.3) is 11.1 Å². The standard InChI is InChI=1S/C13H10.C5H11NO/c1-3-7-12-10(5-1)9-11-6-2-4-8-13(11)12;1-5(2,3)4(6)7/h1-8H,9H2;1-3H3,(H2,6,7). The summed E-state index contributed by atoms with van der Waals surface area (Å²) in [6.45, 7) is 5.36. The van der Waals surface area contributed by atoms with Crippen LogP contribution in [0.5, 0.6) is 0 Å². The second-order valence-corrected chi connectivity index (χ2v) is 6.11. The first-order chi connectivity index (χ1) is 9.39. The molecule has 0 fully saturated rings. The van der Waals surface area contributed by atoms with E-state index in [1.165, 1.54) is 22.3 Å². The van der Waals surface area contributed by atoms with Crippen molar-refractivity contribution >= 4 is 5.91 Å². The summed E-state index contributed by atoms with van der Waals surface area (Å²) in [5, 5.41) is 0. The van der Waals surface area contributed by atoms with Crippen LogP contribution in [-0.2, 0) is 11.2 Å². The van der Waals surface area contributed by atoms with Crippen LogP contribution >= 0.6 is 0 Å². The molecule has 2 aromatic carbocycles. The lowest BCUT2D eigenvalue weighted by molar-refractivity contribution is -0.125. The van der Waals surface area contributed by atoms with Crippen molar-refractivity contribution in [1.82, 2.24) is 0 Å². The zero-order valence-corrected chi connectivity index (χ0v) is 12.3. The maximum atomic E-state index is 10.2. The molecule has 2 N–H and O–H groups in total. The molecule has 0 radical (unpaired) electrons. The maximum Gasteiger partial charge on any atom is 0.222 e. The number of benzene rings is 2. The van der Waals surface area contributed by atoms with E-state index in [0.29, 0.717) is 0 Å². The van der Waals surface area contributed by atoms with E-state index in [4.69, 9.17) is 5.73 Å². The van der Waals surface area contributed by atoms with E-state index in [0.717, 1.165) is 6.42 Å². The van der Waals surface area contributed by atoms with Gasteiger partial charge in [0, 0.05) is 5.41 Å². The maximum absolute atomic E-state index is 10.2. The largest absolute Gasteiger partial charge is 0.369 e. The molecule has 0 atom stereocenters. The third-order valence-electron chi connectivity index (χ3n) is 3.45. The first-order valence-corrected chi connectivity index (χ1v) is 6.85. The van der Waals surface area contributed by atoms with E-state index in [-0.39, 0.29) is 11.3 Å². The van der Waals surface area contributed by atoms with Gasteiger partial charge in [-0.2, -0.15) is 0 Å². The SMILES string of the molecule is CC(C)(C)C(N)=O.c1ccc2c(c1)Cc1ccccc1-2.